The monoisotopic (exact) mass is 220 g/mol. The third kappa shape index (κ3) is 1.45. The largest absolute Gasteiger partial charge is 0.349 e. The molecule has 2 aromatic rings. The van der Waals surface area contributed by atoms with Gasteiger partial charge in [0.15, 0.2) is 5.15 Å². The van der Waals surface area contributed by atoms with Crippen LogP contribution in [-0.2, 0) is 7.05 Å². The number of fused-ring (bicyclic) bond motifs is 1. The van der Waals surface area contributed by atoms with Crippen LogP contribution in [0.3, 0.4) is 0 Å². The van der Waals surface area contributed by atoms with Crippen molar-refractivity contribution in [1.29, 1.82) is 5.26 Å². The number of hydrogen-bond donors (Lipinski definition) is 0. The Morgan fingerprint density at radius 2 is 2.20 bits per heavy atom. The van der Waals surface area contributed by atoms with E-state index in [1.807, 2.05) is 6.07 Å². The van der Waals surface area contributed by atoms with E-state index < -0.39 is 5.69 Å². The summed E-state index contributed by atoms with van der Waals surface area (Å²) >= 11 is 5.77. The third-order valence-electron chi connectivity index (χ3n) is 2.03. The predicted molar refractivity (Wildman–Crippen MR) is 54.5 cm³/mol. The first kappa shape index (κ1) is 9.62. The second-order valence-corrected chi connectivity index (χ2v) is 3.28. The van der Waals surface area contributed by atoms with Gasteiger partial charge >= 0.3 is 5.69 Å². The topological polar surface area (TPSA) is 71.6 Å². The van der Waals surface area contributed by atoms with Gasteiger partial charge in [0.2, 0.25) is 0 Å². The molecule has 2 rings (SSSR count). The predicted octanol–water partition coefficient (Wildman–Crippen LogP) is 0.854. The number of pyridine rings is 1. The Morgan fingerprint density at radius 1 is 1.47 bits per heavy atom. The Balaban J connectivity index is 2.98. The molecule has 6 heteroatoms. The summed E-state index contributed by atoms with van der Waals surface area (Å²) < 4.78 is 1.33. The van der Waals surface area contributed by atoms with Crippen LogP contribution in [0.25, 0.3) is 11.0 Å². The second kappa shape index (κ2) is 3.33. The molecule has 0 N–H and O–H groups in total. The summed E-state index contributed by atoms with van der Waals surface area (Å²) in [6, 6.07) is 5.04. The lowest BCUT2D eigenvalue weighted by molar-refractivity contribution is 0.849. The van der Waals surface area contributed by atoms with E-state index in [1.165, 1.54) is 10.6 Å². The molecule has 5 nitrogen and oxygen atoms in total. The summed E-state index contributed by atoms with van der Waals surface area (Å²) in [5, 5.41) is 8.69. The molecule has 0 aromatic carbocycles. The molecule has 0 unspecified atom stereocenters. The first-order valence-electron chi connectivity index (χ1n) is 4.07. The lowest BCUT2D eigenvalue weighted by Crippen LogP contribution is -2.20. The zero-order chi connectivity index (χ0) is 11.0. The molecule has 0 fully saturated rings. The van der Waals surface area contributed by atoms with Crippen LogP contribution in [-0.4, -0.2) is 14.5 Å². The van der Waals surface area contributed by atoms with Crippen molar-refractivity contribution in [1.82, 2.24) is 14.5 Å². The van der Waals surface area contributed by atoms with E-state index in [9.17, 15) is 4.79 Å². The fourth-order valence-corrected chi connectivity index (χ4v) is 1.46. The van der Waals surface area contributed by atoms with E-state index in [0.29, 0.717) is 11.0 Å². The summed E-state index contributed by atoms with van der Waals surface area (Å²) in [7, 11) is 1.57. The van der Waals surface area contributed by atoms with Gasteiger partial charge in [-0.1, -0.05) is 11.6 Å². The van der Waals surface area contributed by atoms with Crippen molar-refractivity contribution in [2.45, 2.75) is 0 Å². The minimum Gasteiger partial charge on any atom is -0.293 e. The molecule has 2 heterocycles. The van der Waals surface area contributed by atoms with Crippen LogP contribution in [0, 0.1) is 11.3 Å². The SMILES string of the molecule is Cn1c(=O)nc(Cl)c2nc(C#N)ccc21. The molecule has 0 bridgehead atoms. The van der Waals surface area contributed by atoms with Crippen molar-refractivity contribution >= 4 is 22.6 Å². The Labute approximate surface area is 89.6 Å². The van der Waals surface area contributed by atoms with E-state index in [1.54, 1.807) is 13.1 Å². The van der Waals surface area contributed by atoms with E-state index in [4.69, 9.17) is 16.9 Å². The number of nitriles is 1. The maximum absolute atomic E-state index is 11.3. The van der Waals surface area contributed by atoms with Crippen molar-refractivity contribution in [3.63, 3.8) is 0 Å². The first-order chi connectivity index (χ1) is 7.13. The minimum atomic E-state index is -0.445. The molecule has 0 aliphatic carbocycles. The van der Waals surface area contributed by atoms with Gasteiger partial charge in [-0.15, -0.1) is 0 Å². The molecule has 0 aliphatic heterocycles. The van der Waals surface area contributed by atoms with Crippen molar-refractivity contribution in [3.05, 3.63) is 33.5 Å². The van der Waals surface area contributed by atoms with Crippen LogP contribution in [0.5, 0.6) is 0 Å². The Morgan fingerprint density at radius 3 is 2.87 bits per heavy atom. The molecule has 15 heavy (non-hydrogen) atoms. The number of aryl methyl sites for hydroxylation is 1. The highest BCUT2D eigenvalue weighted by atomic mass is 35.5. The van der Waals surface area contributed by atoms with Crippen LogP contribution in [0.1, 0.15) is 5.69 Å². The number of hydrogen-bond acceptors (Lipinski definition) is 4. The zero-order valence-corrected chi connectivity index (χ0v) is 8.49. The van der Waals surface area contributed by atoms with Crippen molar-refractivity contribution in [3.8, 4) is 6.07 Å². The third-order valence-corrected chi connectivity index (χ3v) is 2.29. The molecule has 2 aromatic heterocycles. The fraction of sp³-hybridized carbons (Fsp3) is 0.111. The standard InChI is InChI=1S/C9H5ClN4O/c1-14-6-3-2-5(4-11)12-7(6)8(10)13-9(14)15/h2-3H,1H3. The number of aromatic nitrogens is 3. The Kier molecular flexibility index (Phi) is 2.14. The highest BCUT2D eigenvalue weighted by Gasteiger charge is 2.08. The van der Waals surface area contributed by atoms with E-state index in [-0.39, 0.29) is 10.8 Å². The Bertz CT molecular complexity index is 641. The lowest BCUT2D eigenvalue weighted by Gasteiger charge is -2.03. The fourth-order valence-electron chi connectivity index (χ4n) is 1.25. The average molecular weight is 221 g/mol. The molecule has 0 atom stereocenters. The van der Waals surface area contributed by atoms with Crippen LogP contribution in [0.4, 0.5) is 0 Å². The van der Waals surface area contributed by atoms with Crippen LogP contribution >= 0.6 is 11.6 Å². The van der Waals surface area contributed by atoms with Crippen LogP contribution in [0.2, 0.25) is 5.15 Å². The molecule has 0 aliphatic rings. The molecular weight excluding hydrogens is 216 g/mol. The normalized spacial score (nSPS) is 10.2. The molecule has 0 saturated heterocycles. The number of halogens is 1. The summed E-state index contributed by atoms with van der Waals surface area (Å²) in [4.78, 5) is 18.8. The summed E-state index contributed by atoms with van der Waals surface area (Å²) in [6.45, 7) is 0. The summed E-state index contributed by atoms with van der Waals surface area (Å²) in [5.41, 5.74) is 0.709. The maximum Gasteiger partial charge on any atom is 0.349 e. The zero-order valence-electron chi connectivity index (χ0n) is 7.73. The molecule has 0 radical (unpaired) electrons. The molecule has 0 saturated carbocycles. The molecule has 0 spiro atoms. The molecule has 0 amide bonds. The Hall–Kier alpha value is -1.93. The summed E-state index contributed by atoms with van der Waals surface area (Å²) in [5.74, 6) is 0. The van der Waals surface area contributed by atoms with E-state index >= 15 is 0 Å². The quantitative estimate of drug-likeness (QED) is 0.617. The maximum atomic E-state index is 11.3. The minimum absolute atomic E-state index is 0.0187. The van der Waals surface area contributed by atoms with Gasteiger partial charge in [0, 0.05) is 7.05 Å². The van der Waals surface area contributed by atoms with E-state index in [2.05, 4.69) is 9.97 Å². The summed E-state index contributed by atoms with van der Waals surface area (Å²) in [6.07, 6.45) is 0. The van der Waals surface area contributed by atoms with Gasteiger partial charge in [0.1, 0.15) is 17.3 Å². The second-order valence-electron chi connectivity index (χ2n) is 2.92. The molecular formula is C9H5ClN4O. The smallest absolute Gasteiger partial charge is 0.293 e. The van der Waals surface area contributed by atoms with Gasteiger partial charge in [-0.3, -0.25) is 4.57 Å². The van der Waals surface area contributed by atoms with Gasteiger partial charge in [-0.2, -0.15) is 10.2 Å². The average Bonchev–Trinajstić information content (AvgIpc) is 2.25. The highest BCUT2D eigenvalue weighted by Crippen LogP contribution is 2.16. The number of nitrogens with zero attached hydrogens (tertiary/aromatic N) is 4. The van der Waals surface area contributed by atoms with Crippen molar-refractivity contribution in [2.75, 3.05) is 0 Å². The van der Waals surface area contributed by atoms with Crippen LogP contribution in [0.15, 0.2) is 16.9 Å². The van der Waals surface area contributed by atoms with Crippen molar-refractivity contribution < 1.29 is 0 Å². The number of rotatable bonds is 0. The van der Waals surface area contributed by atoms with Gasteiger partial charge < -0.3 is 0 Å². The van der Waals surface area contributed by atoms with Gasteiger partial charge in [-0.25, -0.2) is 9.78 Å². The first-order valence-corrected chi connectivity index (χ1v) is 4.44. The van der Waals surface area contributed by atoms with Crippen LogP contribution < -0.4 is 5.69 Å². The lowest BCUT2D eigenvalue weighted by atomic mass is 10.3. The van der Waals surface area contributed by atoms with Gasteiger partial charge in [-0.05, 0) is 12.1 Å². The van der Waals surface area contributed by atoms with Gasteiger partial charge in [0.05, 0.1) is 5.52 Å². The highest BCUT2D eigenvalue weighted by molar-refractivity contribution is 6.33. The molecule has 74 valence electrons. The van der Waals surface area contributed by atoms with Crippen molar-refractivity contribution in [2.24, 2.45) is 7.05 Å². The van der Waals surface area contributed by atoms with E-state index in [0.717, 1.165) is 0 Å². The van der Waals surface area contributed by atoms with Gasteiger partial charge in [0.25, 0.3) is 0 Å².